The summed E-state index contributed by atoms with van der Waals surface area (Å²) in [5.41, 5.74) is -1.13. The van der Waals surface area contributed by atoms with Crippen molar-refractivity contribution in [2.24, 2.45) is 5.72 Å². The van der Waals surface area contributed by atoms with Gasteiger partial charge >= 0.3 is 5.97 Å². The predicted octanol–water partition coefficient (Wildman–Crippen LogP) is 0.347. The molecule has 1 rings (SSSR count). The molecule has 70 valence electrons. The van der Waals surface area contributed by atoms with Gasteiger partial charge in [-0.1, -0.05) is 12.1 Å². The first-order valence-corrected chi connectivity index (χ1v) is 3.29. The lowest BCUT2D eigenvalue weighted by atomic mass is 10.1. The van der Waals surface area contributed by atoms with Gasteiger partial charge in [0.1, 0.15) is 14.6 Å². The second-order valence-electron chi connectivity index (χ2n) is 2.16. The molecule has 0 fully saturated rings. The van der Waals surface area contributed by atoms with E-state index in [4.69, 9.17) is 16.2 Å². The SMILES string of the molecule is [2H]Oc1cc([2H])c(C([2H])([2H])[C@@H](C(=O)O)N([2H])[2H])c([2H])c1[2H]. The highest BCUT2D eigenvalue weighted by Gasteiger charge is 2.11. The van der Waals surface area contributed by atoms with Crippen LogP contribution in [-0.2, 0) is 11.2 Å². The molecule has 4 nitrogen and oxygen atoms in total. The Morgan fingerprint density at radius 1 is 1.85 bits per heavy atom. The van der Waals surface area contributed by atoms with Crippen LogP contribution in [-0.4, -0.2) is 23.7 Å². The summed E-state index contributed by atoms with van der Waals surface area (Å²) in [6, 6.07) is -3.67. The smallest absolute Gasteiger partial charge is 0.320 e. The molecular formula is C9H11NO3. The van der Waals surface area contributed by atoms with Gasteiger partial charge in [-0.15, -0.1) is 0 Å². The topological polar surface area (TPSA) is 83.5 Å². The van der Waals surface area contributed by atoms with Crippen molar-refractivity contribution in [2.75, 3.05) is 0 Å². The highest BCUT2D eigenvalue weighted by molar-refractivity contribution is 5.73. The van der Waals surface area contributed by atoms with Crippen molar-refractivity contribution in [3.05, 3.63) is 29.8 Å². The first-order chi connectivity index (χ1) is 9.55. The lowest BCUT2D eigenvalue weighted by molar-refractivity contribution is -0.138. The Labute approximate surface area is 87.1 Å². The first kappa shape index (κ1) is 3.31. The molecule has 0 bridgehead atoms. The molecule has 0 aliphatic carbocycles. The monoisotopic (exact) mass is 189 g/mol. The number of aliphatic carboxylic acids is 1. The molecule has 0 unspecified atom stereocenters. The zero-order chi connectivity index (χ0) is 16.5. The Morgan fingerprint density at radius 3 is 3.31 bits per heavy atom. The highest BCUT2D eigenvalue weighted by Crippen LogP contribution is 2.10. The Kier molecular flexibility index (Phi) is 0.994. The molecule has 1 aromatic carbocycles. The molecule has 1 aromatic rings. The fourth-order valence-corrected chi connectivity index (χ4v) is 0.610. The van der Waals surface area contributed by atoms with E-state index in [1.807, 2.05) is 0 Å². The number of phenols is 1. The number of carboxylic acid groups (broad SMARTS) is 1. The molecule has 0 aliphatic rings. The summed E-state index contributed by atoms with van der Waals surface area (Å²) in [6.07, 6.45) is -2.94. The fourth-order valence-electron chi connectivity index (χ4n) is 0.610. The average Bonchev–Trinajstić information content (AvgIpc) is 2.31. The second kappa shape index (κ2) is 3.91. The Balaban J connectivity index is 3.58. The van der Waals surface area contributed by atoms with E-state index in [0.29, 0.717) is 0 Å². The third-order valence-electron chi connectivity index (χ3n) is 1.17. The van der Waals surface area contributed by atoms with Crippen molar-refractivity contribution in [2.45, 2.75) is 12.4 Å². The van der Waals surface area contributed by atoms with Gasteiger partial charge in [-0.25, -0.2) is 0 Å². The summed E-state index contributed by atoms with van der Waals surface area (Å²) < 4.78 is 59.1. The second-order valence-corrected chi connectivity index (χ2v) is 2.16. The number of phenolic OH excluding ortho intramolecular Hbond substituents is 1. The summed E-state index contributed by atoms with van der Waals surface area (Å²) in [4.78, 5) is 11.0. The van der Waals surface area contributed by atoms with Crippen LogP contribution in [0.15, 0.2) is 24.2 Å². The third kappa shape index (κ3) is 2.76. The number of benzene rings is 1. The summed E-state index contributed by atoms with van der Waals surface area (Å²) in [5, 5.41) is 13.0. The van der Waals surface area contributed by atoms with Gasteiger partial charge in [0, 0.05) is 2.74 Å². The van der Waals surface area contributed by atoms with Gasteiger partial charge in [0.15, 0.2) is 0 Å². The Bertz CT molecular complexity index is 564. The van der Waals surface area contributed by atoms with Crippen LogP contribution in [0.3, 0.4) is 0 Å². The van der Waals surface area contributed by atoms with Crippen molar-refractivity contribution < 1.29 is 24.7 Å². The van der Waals surface area contributed by atoms with E-state index in [2.05, 4.69) is 5.11 Å². The van der Waals surface area contributed by atoms with Gasteiger partial charge in [-0.3, -0.25) is 4.79 Å². The first-order valence-electron chi connectivity index (χ1n) is 7.10. The third-order valence-corrected chi connectivity index (χ3v) is 1.17. The minimum atomic E-state index is -2.94. The van der Waals surface area contributed by atoms with Gasteiger partial charge in [-0.05, 0) is 24.0 Å². The fraction of sp³-hybridized carbons (Fsp3) is 0.222. The molecule has 0 spiro atoms. The van der Waals surface area contributed by atoms with Gasteiger partial charge < -0.3 is 15.9 Å². The lowest BCUT2D eigenvalue weighted by Gasteiger charge is -2.05. The maximum absolute atomic E-state index is 11.0. The van der Waals surface area contributed by atoms with Gasteiger partial charge in [0.25, 0.3) is 1.43 Å². The molecule has 0 saturated heterocycles. The molecule has 0 amide bonds. The normalized spacial score (nSPS) is 22.2. The standard InChI is InChI=1S/C9H11NO3/c10-8(9(12)13)5-6-1-3-7(11)4-2-6/h1-4,8,11H,5,10H2,(H,12,13)/t8-/m0/s1/i1D,2D,3D,5D2/hD3. The summed E-state index contributed by atoms with van der Waals surface area (Å²) in [5.74, 6) is -2.28. The molecule has 0 radical (unpaired) electrons. The van der Waals surface area contributed by atoms with Crippen LogP contribution in [0.1, 0.15) is 12.4 Å². The minimum absolute atomic E-state index is 0.375. The number of hydrogen-bond donors (Lipinski definition) is 3. The number of nitrogens with two attached hydrogens (primary N) is 1. The van der Waals surface area contributed by atoms with Crippen LogP contribution >= 0.6 is 0 Å². The van der Waals surface area contributed by atoms with Crippen molar-refractivity contribution in [3.63, 3.8) is 0 Å². The number of aromatic hydroxyl groups is 1. The van der Waals surface area contributed by atoms with Crippen molar-refractivity contribution in [1.29, 1.82) is 1.43 Å². The minimum Gasteiger partial charge on any atom is -0.508 e. The summed E-state index contributed by atoms with van der Waals surface area (Å²) in [7, 11) is 0. The predicted molar refractivity (Wildman–Crippen MR) is 47.4 cm³/mol. The zero-order valence-corrected chi connectivity index (χ0v) is 6.37. The van der Waals surface area contributed by atoms with Crippen LogP contribution in [0.5, 0.6) is 5.75 Å². The largest absolute Gasteiger partial charge is 0.508 e. The Hall–Kier alpha value is -1.55. The zero-order valence-electron chi connectivity index (χ0n) is 14.4. The van der Waals surface area contributed by atoms with Crippen LogP contribution in [0, 0.1) is 0 Å². The molecule has 4 N–H and O–H groups in total. The molecule has 0 saturated carbocycles. The van der Waals surface area contributed by atoms with Crippen LogP contribution in [0.4, 0.5) is 0 Å². The molecule has 0 aromatic heterocycles. The Morgan fingerprint density at radius 2 is 2.69 bits per heavy atom. The number of rotatable bonds is 5. The molecule has 1 atom stereocenters. The van der Waals surface area contributed by atoms with E-state index >= 15 is 0 Å². The molecule has 13 heavy (non-hydrogen) atoms. The van der Waals surface area contributed by atoms with Crippen molar-refractivity contribution in [1.82, 2.24) is 0 Å². The van der Waals surface area contributed by atoms with Gasteiger partial charge in [0.05, 0.1) is 4.11 Å². The van der Waals surface area contributed by atoms with E-state index in [-0.39, 0.29) is 5.72 Å². The maximum atomic E-state index is 11.0. The quantitative estimate of drug-likeness (QED) is 0.624. The van der Waals surface area contributed by atoms with E-state index in [0.717, 1.165) is 6.07 Å². The summed E-state index contributed by atoms with van der Waals surface area (Å²) >= 11 is 0. The van der Waals surface area contributed by atoms with Gasteiger partial charge in [-0.2, -0.15) is 0 Å². The summed E-state index contributed by atoms with van der Waals surface area (Å²) in [6.45, 7) is 0. The van der Waals surface area contributed by atoms with Crippen molar-refractivity contribution >= 4 is 5.97 Å². The van der Waals surface area contributed by atoms with E-state index in [1.165, 1.54) is 0 Å². The molecule has 0 heterocycles. The number of carbonyl (C=O) groups is 1. The average molecular weight is 189 g/mol. The number of hydrogen-bond acceptors (Lipinski definition) is 3. The van der Waals surface area contributed by atoms with E-state index in [1.54, 1.807) is 0 Å². The molecule has 4 heteroatoms. The number of carboxylic acids is 1. The van der Waals surface area contributed by atoms with E-state index in [9.17, 15) is 4.79 Å². The molecular weight excluding hydrogens is 170 g/mol. The van der Waals surface area contributed by atoms with E-state index < -0.39 is 47.8 Å². The van der Waals surface area contributed by atoms with Crippen molar-refractivity contribution in [3.8, 4) is 5.75 Å². The van der Waals surface area contributed by atoms with Gasteiger partial charge in [0.2, 0.25) is 0 Å². The highest BCUT2D eigenvalue weighted by atomic mass is 16.4. The lowest BCUT2D eigenvalue weighted by Crippen LogP contribution is -2.32. The van der Waals surface area contributed by atoms with Crippen LogP contribution in [0.2, 0.25) is 2.82 Å². The van der Waals surface area contributed by atoms with Crippen LogP contribution in [0.25, 0.3) is 0 Å². The molecule has 0 aliphatic heterocycles. The van der Waals surface area contributed by atoms with Crippen LogP contribution < -0.4 is 5.72 Å². The maximum Gasteiger partial charge on any atom is 0.320 e.